The highest BCUT2D eigenvalue weighted by atomic mass is 16.5. The highest BCUT2D eigenvalue weighted by Gasteiger charge is 2.28. The number of rotatable bonds is 3. The van der Waals surface area contributed by atoms with Gasteiger partial charge in [0.05, 0.1) is 6.61 Å². The molecule has 4 nitrogen and oxygen atoms in total. The Morgan fingerprint density at radius 2 is 2.20 bits per heavy atom. The maximum Gasteiger partial charge on any atom is 0.391 e. The fraction of sp³-hybridized carbons (Fsp3) is 0.364. The monoisotopic (exact) mass is 205 g/mol. The van der Waals surface area contributed by atoms with E-state index in [-0.39, 0.29) is 6.61 Å². The number of nitriles is 1. The minimum atomic E-state index is -0.898. The SMILES string of the molecule is CCOC(=O)C(C#N)[n+]1ccc(C)cc1. The van der Waals surface area contributed by atoms with Crippen LogP contribution in [0.15, 0.2) is 24.5 Å². The second-order valence-corrected chi connectivity index (χ2v) is 3.11. The van der Waals surface area contributed by atoms with Gasteiger partial charge in [-0.1, -0.05) is 0 Å². The molecule has 0 aliphatic rings. The van der Waals surface area contributed by atoms with Crippen molar-refractivity contribution in [3.05, 3.63) is 30.1 Å². The molecule has 0 amide bonds. The number of aromatic nitrogens is 1. The lowest BCUT2D eigenvalue weighted by molar-refractivity contribution is -0.698. The minimum absolute atomic E-state index is 0.281. The van der Waals surface area contributed by atoms with E-state index in [4.69, 9.17) is 10.00 Å². The van der Waals surface area contributed by atoms with Crippen LogP contribution in [0.2, 0.25) is 0 Å². The Labute approximate surface area is 88.7 Å². The third-order valence-corrected chi connectivity index (χ3v) is 1.95. The summed E-state index contributed by atoms with van der Waals surface area (Å²) in [6, 6.07) is 4.69. The lowest BCUT2D eigenvalue weighted by Gasteiger charge is -2.03. The van der Waals surface area contributed by atoms with Gasteiger partial charge in [-0.25, -0.2) is 4.79 Å². The third-order valence-electron chi connectivity index (χ3n) is 1.95. The molecule has 1 heterocycles. The highest BCUT2D eigenvalue weighted by molar-refractivity contribution is 5.75. The second kappa shape index (κ2) is 5.11. The molecule has 0 fully saturated rings. The first-order valence-electron chi connectivity index (χ1n) is 4.72. The van der Waals surface area contributed by atoms with Crippen molar-refractivity contribution in [2.45, 2.75) is 19.9 Å². The molecule has 1 aromatic rings. The average Bonchev–Trinajstić information content (AvgIpc) is 2.22. The number of hydrogen-bond acceptors (Lipinski definition) is 3. The Hall–Kier alpha value is -1.89. The average molecular weight is 205 g/mol. The number of esters is 1. The molecule has 0 saturated heterocycles. The van der Waals surface area contributed by atoms with Crippen molar-refractivity contribution in [1.82, 2.24) is 0 Å². The van der Waals surface area contributed by atoms with E-state index in [1.165, 1.54) is 4.57 Å². The molecule has 1 rings (SSSR count). The van der Waals surface area contributed by atoms with Crippen LogP contribution in [-0.2, 0) is 9.53 Å². The maximum atomic E-state index is 11.4. The van der Waals surface area contributed by atoms with Crippen molar-refractivity contribution in [3.63, 3.8) is 0 Å². The molecule has 1 atom stereocenters. The molecule has 0 spiro atoms. The van der Waals surface area contributed by atoms with Crippen LogP contribution in [0.5, 0.6) is 0 Å². The molecule has 4 heteroatoms. The van der Waals surface area contributed by atoms with Crippen LogP contribution in [0.3, 0.4) is 0 Å². The molecule has 0 aromatic carbocycles. The largest absolute Gasteiger partial charge is 0.460 e. The van der Waals surface area contributed by atoms with E-state index in [0.717, 1.165) is 5.56 Å². The maximum absolute atomic E-state index is 11.4. The normalized spacial score (nSPS) is 11.5. The summed E-state index contributed by atoms with van der Waals surface area (Å²) in [7, 11) is 0. The smallest absolute Gasteiger partial charge is 0.391 e. The number of carbonyl (C=O) groups excluding carboxylic acids is 1. The molecule has 0 bridgehead atoms. The molecule has 0 saturated carbocycles. The van der Waals surface area contributed by atoms with Gasteiger partial charge in [0.15, 0.2) is 18.5 Å². The number of nitrogens with zero attached hydrogens (tertiary/aromatic N) is 2. The third kappa shape index (κ3) is 2.78. The molecule has 78 valence electrons. The lowest BCUT2D eigenvalue weighted by Crippen LogP contribution is -2.43. The van der Waals surface area contributed by atoms with Gasteiger partial charge in [-0.2, -0.15) is 9.83 Å². The highest BCUT2D eigenvalue weighted by Crippen LogP contribution is 1.99. The molecule has 0 radical (unpaired) electrons. The van der Waals surface area contributed by atoms with Gasteiger partial charge in [-0.15, -0.1) is 0 Å². The van der Waals surface area contributed by atoms with Crippen molar-refractivity contribution in [3.8, 4) is 6.07 Å². The Balaban J connectivity index is 2.89. The number of carbonyl (C=O) groups is 1. The van der Waals surface area contributed by atoms with Crippen LogP contribution in [0.1, 0.15) is 18.5 Å². The molecule has 0 aliphatic heterocycles. The molecular weight excluding hydrogens is 192 g/mol. The summed E-state index contributed by atoms with van der Waals surface area (Å²) in [6.45, 7) is 3.94. The van der Waals surface area contributed by atoms with Crippen LogP contribution in [0.25, 0.3) is 0 Å². The van der Waals surface area contributed by atoms with Gasteiger partial charge in [0.25, 0.3) is 0 Å². The fourth-order valence-corrected chi connectivity index (χ4v) is 1.15. The topological polar surface area (TPSA) is 54.0 Å². The second-order valence-electron chi connectivity index (χ2n) is 3.11. The zero-order valence-corrected chi connectivity index (χ0v) is 8.80. The Kier molecular flexibility index (Phi) is 3.81. The van der Waals surface area contributed by atoms with E-state index >= 15 is 0 Å². The number of aryl methyl sites for hydroxylation is 1. The van der Waals surface area contributed by atoms with Gasteiger partial charge in [-0.05, 0) is 19.4 Å². The molecule has 15 heavy (non-hydrogen) atoms. The van der Waals surface area contributed by atoms with E-state index < -0.39 is 12.0 Å². The summed E-state index contributed by atoms with van der Waals surface area (Å²) in [5.41, 5.74) is 1.08. The number of pyridine rings is 1. The first-order valence-corrected chi connectivity index (χ1v) is 4.72. The zero-order chi connectivity index (χ0) is 11.3. The molecule has 1 aromatic heterocycles. The van der Waals surface area contributed by atoms with Crippen molar-refractivity contribution in [2.24, 2.45) is 0 Å². The van der Waals surface area contributed by atoms with E-state index in [0.29, 0.717) is 0 Å². The summed E-state index contributed by atoms with van der Waals surface area (Å²) in [4.78, 5) is 11.4. The van der Waals surface area contributed by atoms with E-state index in [2.05, 4.69) is 0 Å². The first-order chi connectivity index (χ1) is 7.19. The summed E-state index contributed by atoms with van der Waals surface area (Å²) in [6.07, 6.45) is 3.39. The summed E-state index contributed by atoms with van der Waals surface area (Å²) < 4.78 is 6.33. The fourth-order valence-electron chi connectivity index (χ4n) is 1.15. The molecule has 0 aliphatic carbocycles. The van der Waals surface area contributed by atoms with Gasteiger partial charge >= 0.3 is 12.0 Å². The Morgan fingerprint density at radius 1 is 1.60 bits per heavy atom. The van der Waals surface area contributed by atoms with Gasteiger partial charge in [0.1, 0.15) is 0 Å². The van der Waals surface area contributed by atoms with E-state index in [1.54, 1.807) is 19.3 Å². The van der Waals surface area contributed by atoms with Crippen LogP contribution in [0, 0.1) is 18.3 Å². The van der Waals surface area contributed by atoms with Crippen molar-refractivity contribution >= 4 is 5.97 Å². The number of ether oxygens (including phenoxy) is 1. The van der Waals surface area contributed by atoms with Crippen molar-refractivity contribution in [2.75, 3.05) is 6.61 Å². The van der Waals surface area contributed by atoms with E-state index in [9.17, 15) is 4.79 Å². The van der Waals surface area contributed by atoms with Crippen molar-refractivity contribution < 1.29 is 14.1 Å². The summed E-state index contributed by atoms with van der Waals surface area (Å²) in [5, 5.41) is 8.87. The molecule has 0 N–H and O–H groups in total. The zero-order valence-electron chi connectivity index (χ0n) is 8.80. The minimum Gasteiger partial charge on any atom is -0.460 e. The van der Waals surface area contributed by atoms with Gasteiger partial charge in [-0.3, -0.25) is 0 Å². The molecular formula is C11H13N2O2+. The standard InChI is InChI=1S/C11H13N2O2/c1-3-15-11(14)10(8-12)13-6-4-9(2)5-7-13/h4-7,10H,3H2,1-2H3/q+1. The lowest BCUT2D eigenvalue weighted by atomic mass is 10.2. The number of hydrogen-bond donors (Lipinski definition) is 0. The summed E-state index contributed by atoms with van der Waals surface area (Å²) in [5.74, 6) is -0.520. The van der Waals surface area contributed by atoms with Crippen molar-refractivity contribution in [1.29, 1.82) is 5.26 Å². The Morgan fingerprint density at radius 3 is 2.67 bits per heavy atom. The van der Waals surface area contributed by atoms with Gasteiger partial charge in [0.2, 0.25) is 0 Å². The predicted molar refractivity (Wildman–Crippen MR) is 52.7 cm³/mol. The molecule has 1 unspecified atom stereocenters. The predicted octanol–water partition coefficient (Wildman–Crippen LogP) is 0.910. The van der Waals surface area contributed by atoms with Gasteiger partial charge in [0, 0.05) is 12.1 Å². The van der Waals surface area contributed by atoms with Gasteiger partial charge < -0.3 is 4.74 Å². The Bertz CT molecular complexity index is 379. The van der Waals surface area contributed by atoms with Crippen LogP contribution in [-0.4, -0.2) is 12.6 Å². The van der Waals surface area contributed by atoms with E-state index in [1.807, 2.05) is 25.1 Å². The van der Waals surface area contributed by atoms with Crippen LogP contribution in [0.4, 0.5) is 0 Å². The van der Waals surface area contributed by atoms with Crippen LogP contribution < -0.4 is 4.57 Å². The quantitative estimate of drug-likeness (QED) is 0.544. The summed E-state index contributed by atoms with van der Waals surface area (Å²) >= 11 is 0. The van der Waals surface area contributed by atoms with Crippen LogP contribution >= 0.6 is 0 Å². The first kappa shape index (κ1) is 11.2.